The number of benzene rings is 3. The molecule has 0 radical (unpaired) electrons. The molecule has 0 aliphatic rings. The standard InChI is InChI=1S/C22H17BrN4O3/c1-30-20-9-6-13-4-2-3-5-16(13)21(20)17-11-18(26-25-17)22(29)27-24-12-14-10-15(23)7-8-19(14)28/h2-12,28H,1H3,(H,25,26)(H,27,29)/b24-12-. The molecule has 0 atom stereocenters. The predicted molar refractivity (Wildman–Crippen MR) is 119 cm³/mol. The second-order valence-corrected chi connectivity index (χ2v) is 7.35. The molecular formula is C22H17BrN4O3. The van der Waals surface area contributed by atoms with Crippen LogP contribution in [0.4, 0.5) is 0 Å². The zero-order valence-electron chi connectivity index (χ0n) is 15.9. The predicted octanol–water partition coefficient (Wildman–Crippen LogP) is 4.47. The van der Waals surface area contributed by atoms with Crippen LogP contribution in [0.1, 0.15) is 16.1 Å². The van der Waals surface area contributed by atoms with E-state index in [1.165, 1.54) is 12.3 Å². The summed E-state index contributed by atoms with van der Waals surface area (Å²) in [7, 11) is 1.60. The molecule has 3 N–H and O–H groups in total. The average molecular weight is 465 g/mol. The van der Waals surface area contributed by atoms with Gasteiger partial charge in [-0.15, -0.1) is 0 Å². The van der Waals surface area contributed by atoms with Crippen molar-refractivity contribution in [2.45, 2.75) is 0 Å². The second-order valence-electron chi connectivity index (χ2n) is 6.43. The molecular weight excluding hydrogens is 448 g/mol. The number of hydrogen-bond donors (Lipinski definition) is 3. The number of methoxy groups -OCH3 is 1. The van der Waals surface area contributed by atoms with Crippen molar-refractivity contribution in [3.05, 3.63) is 76.4 Å². The Bertz CT molecular complexity index is 1270. The molecule has 30 heavy (non-hydrogen) atoms. The number of nitrogens with one attached hydrogen (secondary N) is 2. The highest BCUT2D eigenvalue weighted by molar-refractivity contribution is 9.10. The van der Waals surface area contributed by atoms with E-state index in [2.05, 4.69) is 36.7 Å². The van der Waals surface area contributed by atoms with Crippen molar-refractivity contribution < 1.29 is 14.6 Å². The molecule has 0 unspecified atom stereocenters. The largest absolute Gasteiger partial charge is 0.507 e. The Balaban J connectivity index is 1.59. The van der Waals surface area contributed by atoms with Gasteiger partial charge in [0, 0.05) is 10.0 Å². The maximum atomic E-state index is 12.5. The summed E-state index contributed by atoms with van der Waals surface area (Å²) in [6.45, 7) is 0. The van der Waals surface area contributed by atoms with E-state index in [1.54, 1.807) is 25.3 Å². The van der Waals surface area contributed by atoms with Crippen molar-refractivity contribution in [2.75, 3.05) is 7.11 Å². The van der Waals surface area contributed by atoms with Gasteiger partial charge in [-0.1, -0.05) is 46.3 Å². The van der Waals surface area contributed by atoms with Crippen LogP contribution in [-0.2, 0) is 0 Å². The molecule has 1 aromatic heterocycles. The molecule has 3 aromatic carbocycles. The van der Waals surface area contributed by atoms with E-state index in [4.69, 9.17) is 4.74 Å². The molecule has 1 amide bonds. The first-order chi connectivity index (χ1) is 14.6. The van der Waals surface area contributed by atoms with E-state index in [-0.39, 0.29) is 11.4 Å². The van der Waals surface area contributed by atoms with Gasteiger partial charge in [0.1, 0.15) is 17.2 Å². The van der Waals surface area contributed by atoms with Gasteiger partial charge in [0.05, 0.1) is 24.6 Å². The summed E-state index contributed by atoms with van der Waals surface area (Å²) < 4.78 is 6.29. The minimum atomic E-state index is -0.460. The third-order valence-corrected chi connectivity index (χ3v) is 5.04. The Morgan fingerprint density at radius 1 is 1.20 bits per heavy atom. The number of amides is 1. The summed E-state index contributed by atoms with van der Waals surface area (Å²) in [5, 5.41) is 22.8. The van der Waals surface area contributed by atoms with Crippen molar-refractivity contribution in [1.29, 1.82) is 0 Å². The zero-order chi connectivity index (χ0) is 21.1. The number of rotatable bonds is 5. The SMILES string of the molecule is COc1ccc2ccccc2c1-c1cc(C(=O)N/N=C\c2cc(Br)ccc2O)[nH]n1. The van der Waals surface area contributed by atoms with Gasteiger partial charge in [0.25, 0.3) is 5.91 Å². The number of carbonyl (C=O) groups excluding carboxylic acids is 1. The summed E-state index contributed by atoms with van der Waals surface area (Å²) in [6.07, 6.45) is 1.36. The number of carbonyl (C=O) groups is 1. The van der Waals surface area contributed by atoms with Crippen molar-refractivity contribution in [3.63, 3.8) is 0 Å². The van der Waals surface area contributed by atoms with Crippen molar-refractivity contribution in [2.24, 2.45) is 5.10 Å². The molecule has 0 aliphatic carbocycles. The average Bonchev–Trinajstić information content (AvgIpc) is 3.25. The van der Waals surface area contributed by atoms with Crippen LogP contribution in [0.25, 0.3) is 22.0 Å². The fourth-order valence-electron chi connectivity index (χ4n) is 3.10. The van der Waals surface area contributed by atoms with Gasteiger partial charge < -0.3 is 9.84 Å². The Morgan fingerprint density at radius 3 is 2.87 bits per heavy atom. The number of aromatic amines is 1. The number of phenols is 1. The number of hydrogen-bond acceptors (Lipinski definition) is 5. The van der Waals surface area contributed by atoms with Gasteiger partial charge in [-0.05, 0) is 41.1 Å². The number of nitrogens with zero attached hydrogens (tertiary/aromatic N) is 2. The molecule has 4 rings (SSSR count). The highest BCUT2D eigenvalue weighted by Crippen LogP contribution is 2.36. The van der Waals surface area contributed by atoms with Crippen LogP contribution in [0.15, 0.2) is 70.2 Å². The Hall–Kier alpha value is -3.65. The fraction of sp³-hybridized carbons (Fsp3) is 0.0455. The van der Waals surface area contributed by atoms with Crippen molar-refractivity contribution in [1.82, 2.24) is 15.6 Å². The van der Waals surface area contributed by atoms with E-state index < -0.39 is 5.91 Å². The van der Waals surface area contributed by atoms with Crippen LogP contribution in [0, 0.1) is 0 Å². The minimum absolute atomic E-state index is 0.0584. The molecule has 150 valence electrons. The van der Waals surface area contributed by atoms with E-state index in [1.807, 2.05) is 36.4 Å². The highest BCUT2D eigenvalue weighted by Gasteiger charge is 2.16. The Morgan fingerprint density at radius 2 is 2.03 bits per heavy atom. The van der Waals surface area contributed by atoms with Crippen LogP contribution < -0.4 is 10.2 Å². The maximum Gasteiger partial charge on any atom is 0.289 e. The van der Waals surface area contributed by atoms with Crippen LogP contribution in [-0.4, -0.2) is 34.5 Å². The maximum absolute atomic E-state index is 12.5. The molecule has 0 bridgehead atoms. The van der Waals surface area contributed by atoms with Gasteiger partial charge in [-0.3, -0.25) is 9.89 Å². The molecule has 8 heteroatoms. The third kappa shape index (κ3) is 3.90. The number of phenolic OH excluding ortho intramolecular Hbond substituents is 1. The van der Waals surface area contributed by atoms with E-state index in [9.17, 15) is 9.90 Å². The second kappa shape index (κ2) is 8.38. The topological polar surface area (TPSA) is 99.6 Å². The summed E-state index contributed by atoms with van der Waals surface area (Å²) >= 11 is 3.32. The lowest BCUT2D eigenvalue weighted by molar-refractivity contribution is 0.0950. The highest BCUT2D eigenvalue weighted by atomic mass is 79.9. The summed E-state index contributed by atoms with van der Waals surface area (Å²) in [5.41, 5.74) is 4.53. The number of aromatic nitrogens is 2. The fourth-order valence-corrected chi connectivity index (χ4v) is 3.48. The van der Waals surface area contributed by atoms with Crippen molar-refractivity contribution in [3.8, 4) is 22.8 Å². The summed E-state index contributed by atoms with van der Waals surface area (Å²) in [6, 6.07) is 18.3. The van der Waals surface area contributed by atoms with E-state index in [0.29, 0.717) is 17.0 Å². The molecule has 0 aliphatic heterocycles. The number of halogens is 1. The number of H-pyrrole nitrogens is 1. The lowest BCUT2D eigenvalue weighted by Crippen LogP contribution is -2.18. The minimum Gasteiger partial charge on any atom is -0.507 e. The normalized spacial score (nSPS) is 11.1. The molecule has 0 saturated heterocycles. The first-order valence-corrected chi connectivity index (χ1v) is 9.79. The molecule has 1 heterocycles. The summed E-state index contributed by atoms with van der Waals surface area (Å²) in [5.74, 6) is 0.261. The van der Waals surface area contributed by atoms with Crippen LogP contribution >= 0.6 is 15.9 Å². The van der Waals surface area contributed by atoms with Gasteiger partial charge in [0.2, 0.25) is 0 Å². The van der Waals surface area contributed by atoms with Gasteiger partial charge >= 0.3 is 0 Å². The van der Waals surface area contributed by atoms with Gasteiger partial charge in [0.15, 0.2) is 0 Å². The van der Waals surface area contributed by atoms with Gasteiger partial charge in [-0.25, -0.2) is 5.43 Å². The molecule has 0 fully saturated rings. The van der Waals surface area contributed by atoms with E-state index in [0.717, 1.165) is 20.8 Å². The quantitative estimate of drug-likeness (QED) is 0.299. The first-order valence-electron chi connectivity index (χ1n) is 9.00. The van der Waals surface area contributed by atoms with Gasteiger partial charge in [-0.2, -0.15) is 10.2 Å². The molecule has 7 nitrogen and oxygen atoms in total. The number of hydrazone groups is 1. The number of fused-ring (bicyclic) bond motifs is 1. The zero-order valence-corrected chi connectivity index (χ0v) is 17.5. The number of aromatic hydroxyl groups is 1. The monoisotopic (exact) mass is 464 g/mol. The van der Waals surface area contributed by atoms with Crippen LogP contribution in [0.2, 0.25) is 0 Å². The lowest BCUT2D eigenvalue weighted by atomic mass is 10.0. The Labute approximate surface area is 180 Å². The number of ether oxygens (including phenoxy) is 1. The summed E-state index contributed by atoms with van der Waals surface area (Å²) in [4.78, 5) is 12.5. The molecule has 0 spiro atoms. The van der Waals surface area contributed by atoms with Crippen LogP contribution in [0.5, 0.6) is 11.5 Å². The smallest absolute Gasteiger partial charge is 0.289 e. The Kier molecular flexibility index (Phi) is 5.49. The molecule has 4 aromatic rings. The van der Waals surface area contributed by atoms with Crippen LogP contribution in [0.3, 0.4) is 0 Å². The lowest BCUT2D eigenvalue weighted by Gasteiger charge is -2.09. The third-order valence-electron chi connectivity index (χ3n) is 4.55. The molecule has 0 saturated carbocycles. The first kappa shape index (κ1) is 19.7. The van der Waals surface area contributed by atoms with Crippen molar-refractivity contribution >= 4 is 38.8 Å². The van der Waals surface area contributed by atoms with E-state index >= 15 is 0 Å².